The maximum absolute atomic E-state index is 13.7. The van der Waals surface area contributed by atoms with Crippen LogP contribution in [0.1, 0.15) is 38.1 Å². The number of esters is 1. The van der Waals surface area contributed by atoms with Gasteiger partial charge in [0.2, 0.25) is 0 Å². The molecule has 0 spiro atoms. The van der Waals surface area contributed by atoms with Crippen LogP contribution in [0.25, 0.3) is 5.76 Å². The number of aromatic nitrogens is 1. The molecule has 190 valence electrons. The summed E-state index contributed by atoms with van der Waals surface area (Å²) in [4.78, 5) is 44.7. The highest BCUT2D eigenvalue weighted by molar-refractivity contribution is 7.17. The molecule has 1 amide bonds. The Morgan fingerprint density at radius 1 is 1.22 bits per heavy atom. The van der Waals surface area contributed by atoms with Crippen LogP contribution in [0.4, 0.5) is 9.52 Å². The quantitative estimate of drug-likeness (QED) is 0.155. The molecule has 1 aliphatic heterocycles. The maximum atomic E-state index is 13.7. The molecule has 0 unspecified atom stereocenters. The van der Waals surface area contributed by atoms with E-state index in [4.69, 9.17) is 9.47 Å². The molecular weight excluding hydrogens is 499 g/mol. The van der Waals surface area contributed by atoms with Gasteiger partial charge in [-0.05, 0) is 55.3 Å². The second-order valence-corrected chi connectivity index (χ2v) is 9.18. The number of nitrogens with zero attached hydrogens (tertiary/aromatic N) is 2. The normalized spacial score (nSPS) is 16.6. The lowest BCUT2D eigenvalue weighted by molar-refractivity contribution is -0.132. The molecule has 0 aliphatic carbocycles. The summed E-state index contributed by atoms with van der Waals surface area (Å²) >= 11 is 0.878. The van der Waals surface area contributed by atoms with Crippen molar-refractivity contribution in [3.63, 3.8) is 0 Å². The average molecular weight is 523 g/mol. The smallest absolute Gasteiger partial charge is 0.350 e. The van der Waals surface area contributed by atoms with Gasteiger partial charge < -0.3 is 14.6 Å². The first-order valence-electron chi connectivity index (χ1n) is 11.1. The molecule has 3 aromatic rings. The van der Waals surface area contributed by atoms with E-state index in [-0.39, 0.29) is 22.2 Å². The van der Waals surface area contributed by atoms with E-state index >= 15 is 0 Å². The van der Waals surface area contributed by atoms with Crippen molar-refractivity contribution < 1.29 is 33.4 Å². The topological polar surface area (TPSA) is 106 Å². The van der Waals surface area contributed by atoms with E-state index in [2.05, 4.69) is 11.6 Å². The first-order chi connectivity index (χ1) is 17.7. The summed E-state index contributed by atoms with van der Waals surface area (Å²) in [5.74, 6) is -2.88. The number of hydrogen-bond acceptors (Lipinski definition) is 8. The van der Waals surface area contributed by atoms with E-state index in [0.717, 1.165) is 16.2 Å². The fourth-order valence-corrected chi connectivity index (χ4v) is 5.03. The van der Waals surface area contributed by atoms with Gasteiger partial charge in [-0.25, -0.2) is 14.2 Å². The molecule has 0 bridgehead atoms. The molecule has 0 saturated carbocycles. The Morgan fingerprint density at radius 2 is 1.92 bits per heavy atom. The monoisotopic (exact) mass is 522 g/mol. The van der Waals surface area contributed by atoms with Crippen molar-refractivity contribution in [2.75, 3.05) is 18.6 Å². The minimum absolute atomic E-state index is 0.00713. The Kier molecular flexibility index (Phi) is 7.21. The summed E-state index contributed by atoms with van der Waals surface area (Å²) in [5, 5.41) is 11.4. The number of carbonyl (C=O) groups is 3. The van der Waals surface area contributed by atoms with E-state index in [1.54, 1.807) is 32.0 Å². The number of methoxy groups -OCH3 is 1. The number of aliphatic hydroxyl groups excluding tert-OH is 1. The lowest BCUT2D eigenvalue weighted by atomic mass is 9.94. The third kappa shape index (κ3) is 4.75. The Labute approximate surface area is 216 Å². The van der Waals surface area contributed by atoms with Crippen LogP contribution in [0.3, 0.4) is 0 Å². The van der Waals surface area contributed by atoms with Gasteiger partial charge in [0, 0.05) is 5.56 Å². The molecule has 1 N–H and O–H groups in total. The van der Waals surface area contributed by atoms with Gasteiger partial charge in [0.15, 0.2) is 5.13 Å². The Bertz CT molecular complexity index is 1440. The minimum atomic E-state index is -1.12. The summed E-state index contributed by atoms with van der Waals surface area (Å²) in [6.45, 7) is 6.81. The molecule has 37 heavy (non-hydrogen) atoms. The van der Waals surface area contributed by atoms with Crippen LogP contribution in [0.15, 0.2) is 60.7 Å². The van der Waals surface area contributed by atoms with Gasteiger partial charge >= 0.3 is 11.9 Å². The number of carbonyl (C=O) groups excluding carboxylic acids is 3. The predicted molar refractivity (Wildman–Crippen MR) is 136 cm³/mol. The van der Waals surface area contributed by atoms with Gasteiger partial charge in [-0.2, -0.15) is 0 Å². The number of amides is 1. The van der Waals surface area contributed by atoms with Gasteiger partial charge in [-0.15, -0.1) is 0 Å². The standard InChI is InChI=1S/C27H23FN2O6S/c1-5-12-36-26(34)24-15(3)29-27(37-24)30-21(16-6-8-17(28)9-7-16)20(23(32)25(30)33)22(31)19-11-10-18(35-4)13-14(19)2/h5-11,13,21,31H,1,12H2,2-4H3/t21-/m1/s1. The molecule has 1 aliphatic rings. The van der Waals surface area contributed by atoms with Crippen LogP contribution in [0, 0.1) is 19.7 Å². The Morgan fingerprint density at radius 3 is 2.54 bits per heavy atom. The molecule has 2 aromatic carbocycles. The van der Waals surface area contributed by atoms with Gasteiger partial charge in [0.1, 0.15) is 28.8 Å². The van der Waals surface area contributed by atoms with E-state index in [9.17, 15) is 23.9 Å². The SMILES string of the molecule is C=CCOC(=O)c1sc(N2C(=O)C(=O)C(=C(O)c3ccc(OC)cc3C)[C@H]2c2ccc(F)cc2)nc1C. The molecule has 1 atom stereocenters. The fourth-order valence-electron chi connectivity index (χ4n) is 4.04. The molecule has 1 fully saturated rings. The molecule has 2 heterocycles. The van der Waals surface area contributed by atoms with Crippen molar-refractivity contribution in [3.8, 4) is 5.75 Å². The number of hydrogen-bond donors (Lipinski definition) is 1. The molecule has 8 nitrogen and oxygen atoms in total. The van der Waals surface area contributed by atoms with E-state index in [1.165, 1.54) is 37.5 Å². The molecule has 4 rings (SSSR count). The van der Waals surface area contributed by atoms with Gasteiger partial charge in [0.05, 0.1) is 24.4 Å². The van der Waals surface area contributed by atoms with Crippen LogP contribution < -0.4 is 9.64 Å². The summed E-state index contributed by atoms with van der Waals surface area (Å²) in [5.41, 5.74) is 1.43. The summed E-state index contributed by atoms with van der Waals surface area (Å²) < 4.78 is 24.1. The third-order valence-electron chi connectivity index (χ3n) is 5.83. The third-order valence-corrected chi connectivity index (χ3v) is 6.96. The van der Waals surface area contributed by atoms with Crippen molar-refractivity contribution >= 4 is 39.9 Å². The van der Waals surface area contributed by atoms with Crippen molar-refractivity contribution in [2.24, 2.45) is 0 Å². The number of halogens is 1. The first kappa shape index (κ1) is 25.8. The number of benzene rings is 2. The lowest BCUT2D eigenvalue weighted by Gasteiger charge is -2.23. The highest BCUT2D eigenvalue weighted by atomic mass is 32.1. The van der Waals surface area contributed by atoms with Gasteiger partial charge in [-0.3, -0.25) is 14.5 Å². The van der Waals surface area contributed by atoms with E-state index in [1.807, 2.05) is 0 Å². The van der Waals surface area contributed by atoms with Crippen molar-refractivity contribution in [1.82, 2.24) is 4.98 Å². The number of aliphatic hydroxyl groups is 1. The zero-order chi connectivity index (χ0) is 26.9. The summed E-state index contributed by atoms with van der Waals surface area (Å²) in [6, 6.07) is 9.00. The van der Waals surface area contributed by atoms with Gasteiger partial charge in [0.25, 0.3) is 5.78 Å². The fraction of sp³-hybridized carbons (Fsp3) is 0.185. The number of Topliss-reactive ketones (excluding diaryl/α,β-unsaturated/α-hetero) is 1. The Balaban J connectivity index is 1.89. The second kappa shape index (κ2) is 10.4. The molecule has 10 heteroatoms. The molecule has 1 saturated heterocycles. The minimum Gasteiger partial charge on any atom is -0.507 e. The van der Waals surface area contributed by atoms with E-state index < -0.39 is 35.3 Å². The average Bonchev–Trinajstić information content (AvgIpc) is 3.39. The molecule has 1 aromatic heterocycles. The number of anilines is 1. The van der Waals surface area contributed by atoms with E-state index in [0.29, 0.717) is 28.1 Å². The predicted octanol–water partition coefficient (Wildman–Crippen LogP) is 4.88. The lowest BCUT2D eigenvalue weighted by Crippen LogP contribution is -2.29. The maximum Gasteiger partial charge on any atom is 0.350 e. The summed E-state index contributed by atoms with van der Waals surface area (Å²) in [6.07, 6.45) is 1.42. The number of ether oxygens (including phenoxy) is 2. The Hall–Kier alpha value is -4.31. The second-order valence-electron chi connectivity index (χ2n) is 8.20. The number of rotatable bonds is 7. The molecule has 0 radical (unpaired) electrons. The van der Waals surface area contributed by atoms with Crippen LogP contribution >= 0.6 is 11.3 Å². The number of ketones is 1. The summed E-state index contributed by atoms with van der Waals surface area (Å²) in [7, 11) is 1.51. The van der Waals surface area contributed by atoms with Crippen molar-refractivity contribution in [3.05, 3.63) is 93.8 Å². The highest BCUT2D eigenvalue weighted by Gasteiger charge is 2.48. The van der Waals surface area contributed by atoms with Gasteiger partial charge in [-0.1, -0.05) is 36.1 Å². The highest BCUT2D eigenvalue weighted by Crippen LogP contribution is 2.44. The zero-order valence-corrected chi connectivity index (χ0v) is 21.1. The van der Waals surface area contributed by atoms with Crippen LogP contribution in [0.2, 0.25) is 0 Å². The van der Waals surface area contributed by atoms with Crippen LogP contribution in [-0.4, -0.2) is 41.5 Å². The largest absolute Gasteiger partial charge is 0.507 e. The first-order valence-corrected chi connectivity index (χ1v) is 12.0. The van der Waals surface area contributed by atoms with Crippen LogP contribution in [0.5, 0.6) is 5.75 Å². The zero-order valence-electron chi connectivity index (χ0n) is 20.3. The molecular formula is C27H23FN2O6S. The number of thiazole rings is 1. The van der Waals surface area contributed by atoms with Crippen molar-refractivity contribution in [1.29, 1.82) is 0 Å². The number of aryl methyl sites for hydroxylation is 2. The van der Waals surface area contributed by atoms with Crippen LogP contribution in [-0.2, 0) is 14.3 Å². The van der Waals surface area contributed by atoms with Crippen molar-refractivity contribution in [2.45, 2.75) is 19.9 Å².